The Hall–Kier alpha value is -1.16. The molecule has 1 aromatic heterocycles. The largest absolute Gasteiger partial charge is 0.315 e. The summed E-state index contributed by atoms with van der Waals surface area (Å²) in [5.41, 5.74) is 2.29. The van der Waals surface area contributed by atoms with Crippen LogP contribution in [0.1, 0.15) is 18.9 Å². The third-order valence-electron chi connectivity index (χ3n) is 4.13. The summed E-state index contributed by atoms with van der Waals surface area (Å²) in [4.78, 5) is 7.05. The van der Waals surface area contributed by atoms with Gasteiger partial charge in [-0.3, -0.25) is 9.88 Å². The second kappa shape index (κ2) is 6.08. The summed E-state index contributed by atoms with van der Waals surface area (Å²) in [6, 6.07) is 8.72. The van der Waals surface area contributed by atoms with Crippen LogP contribution >= 0.6 is 11.6 Å². The van der Waals surface area contributed by atoms with Gasteiger partial charge in [0.2, 0.25) is 0 Å². The maximum absolute atomic E-state index is 6.26. The summed E-state index contributed by atoms with van der Waals surface area (Å²) < 4.78 is 0. The normalized spacial score (nSPS) is 19.1. The molecule has 1 fully saturated rings. The van der Waals surface area contributed by atoms with Crippen LogP contribution in [-0.4, -0.2) is 35.6 Å². The average molecular weight is 290 g/mol. The molecule has 0 aliphatic carbocycles. The molecule has 3 rings (SSSR count). The number of pyridine rings is 1. The number of aromatic nitrogens is 1. The second-order valence-electron chi connectivity index (χ2n) is 5.32. The molecule has 1 saturated heterocycles. The average Bonchev–Trinajstić information content (AvgIpc) is 3.01. The first-order chi connectivity index (χ1) is 9.79. The molecule has 1 aliphatic rings. The van der Waals surface area contributed by atoms with Gasteiger partial charge in [-0.2, -0.15) is 0 Å². The van der Waals surface area contributed by atoms with Crippen LogP contribution < -0.4 is 5.32 Å². The van der Waals surface area contributed by atoms with E-state index in [9.17, 15) is 0 Å². The molecule has 1 aromatic carbocycles. The van der Waals surface area contributed by atoms with Crippen molar-refractivity contribution < 1.29 is 0 Å². The Balaban J connectivity index is 1.91. The predicted molar refractivity (Wildman–Crippen MR) is 84.1 cm³/mol. The highest BCUT2D eigenvalue weighted by molar-refractivity contribution is 6.35. The topological polar surface area (TPSA) is 28.2 Å². The second-order valence-corrected chi connectivity index (χ2v) is 5.72. The first-order valence-corrected chi connectivity index (χ1v) is 7.64. The van der Waals surface area contributed by atoms with Crippen LogP contribution in [0.4, 0.5) is 0 Å². The van der Waals surface area contributed by atoms with Gasteiger partial charge < -0.3 is 5.32 Å². The van der Waals surface area contributed by atoms with E-state index in [0.29, 0.717) is 6.04 Å². The minimum Gasteiger partial charge on any atom is -0.315 e. The number of fused-ring (bicyclic) bond motifs is 1. The monoisotopic (exact) mass is 289 g/mol. The summed E-state index contributed by atoms with van der Waals surface area (Å²) in [6.45, 7) is 6.44. The van der Waals surface area contributed by atoms with Crippen molar-refractivity contribution in [3.05, 3.63) is 41.0 Å². The molecule has 20 heavy (non-hydrogen) atoms. The zero-order valence-electron chi connectivity index (χ0n) is 11.8. The summed E-state index contributed by atoms with van der Waals surface area (Å²) in [5.74, 6) is 0. The number of hydrogen-bond donors (Lipinski definition) is 1. The van der Waals surface area contributed by atoms with E-state index in [0.717, 1.165) is 42.1 Å². The Morgan fingerprint density at radius 1 is 1.40 bits per heavy atom. The predicted octanol–water partition coefficient (Wildman–Crippen LogP) is 3.07. The number of likely N-dealkylation sites (N-methyl/N-ethyl adjacent to an activating group) is 1. The van der Waals surface area contributed by atoms with E-state index in [2.05, 4.69) is 28.2 Å². The number of rotatable bonds is 4. The molecule has 0 bridgehead atoms. The molecule has 2 heterocycles. The SMILES string of the molecule is CCN(Cc1ccc(Cl)c2cccnc12)C1CCNC1. The van der Waals surface area contributed by atoms with Crippen molar-refractivity contribution >= 4 is 22.5 Å². The van der Waals surface area contributed by atoms with Crippen molar-refractivity contribution in [1.29, 1.82) is 0 Å². The Labute approximate surface area is 124 Å². The lowest BCUT2D eigenvalue weighted by Crippen LogP contribution is -2.36. The van der Waals surface area contributed by atoms with Crippen molar-refractivity contribution in [3.63, 3.8) is 0 Å². The molecule has 0 saturated carbocycles. The first kappa shape index (κ1) is 13.8. The van der Waals surface area contributed by atoms with E-state index in [1.165, 1.54) is 12.0 Å². The van der Waals surface area contributed by atoms with E-state index in [1.807, 2.05) is 24.4 Å². The summed E-state index contributed by atoms with van der Waals surface area (Å²) in [6.07, 6.45) is 3.07. The molecule has 1 N–H and O–H groups in total. The molecule has 0 amide bonds. The van der Waals surface area contributed by atoms with E-state index >= 15 is 0 Å². The molecule has 106 valence electrons. The zero-order chi connectivity index (χ0) is 13.9. The van der Waals surface area contributed by atoms with Crippen molar-refractivity contribution in [2.45, 2.75) is 25.9 Å². The van der Waals surface area contributed by atoms with Crippen LogP contribution in [0, 0.1) is 0 Å². The van der Waals surface area contributed by atoms with Crippen molar-refractivity contribution in [2.75, 3.05) is 19.6 Å². The number of halogens is 1. The van der Waals surface area contributed by atoms with Gasteiger partial charge in [-0.15, -0.1) is 0 Å². The molecule has 1 aliphatic heterocycles. The van der Waals surface area contributed by atoms with Crippen LogP contribution in [0.2, 0.25) is 5.02 Å². The summed E-state index contributed by atoms with van der Waals surface area (Å²) in [7, 11) is 0. The Kier molecular flexibility index (Phi) is 4.20. The van der Waals surface area contributed by atoms with Crippen LogP contribution in [0.15, 0.2) is 30.5 Å². The van der Waals surface area contributed by atoms with Gasteiger partial charge in [0.15, 0.2) is 0 Å². The minimum absolute atomic E-state index is 0.634. The molecule has 0 spiro atoms. The van der Waals surface area contributed by atoms with Gasteiger partial charge in [0.05, 0.1) is 5.52 Å². The Bertz CT molecular complexity index is 593. The summed E-state index contributed by atoms with van der Waals surface area (Å²) >= 11 is 6.26. The first-order valence-electron chi connectivity index (χ1n) is 7.26. The fourth-order valence-electron chi connectivity index (χ4n) is 2.99. The third-order valence-corrected chi connectivity index (χ3v) is 4.46. The van der Waals surface area contributed by atoms with E-state index in [1.54, 1.807) is 0 Å². The van der Waals surface area contributed by atoms with Crippen LogP contribution in [0.5, 0.6) is 0 Å². The number of nitrogens with one attached hydrogen (secondary N) is 1. The molecule has 2 aromatic rings. The highest BCUT2D eigenvalue weighted by Gasteiger charge is 2.21. The standard InChI is InChI=1S/C16H20ClN3/c1-2-20(13-7-9-18-10-13)11-12-5-6-15(17)14-4-3-8-19-16(12)14/h3-6,8,13,18H,2,7,9-11H2,1H3. The fourth-order valence-corrected chi connectivity index (χ4v) is 3.21. The quantitative estimate of drug-likeness (QED) is 0.937. The number of nitrogens with zero attached hydrogens (tertiary/aromatic N) is 2. The molecular formula is C16H20ClN3. The van der Waals surface area contributed by atoms with Gasteiger partial charge >= 0.3 is 0 Å². The molecular weight excluding hydrogens is 270 g/mol. The number of hydrogen-bond acceptors (Lipinski definition) is 3. The molecule has 3 nitrogen and oxygen atoms in total. The number of benzene rings is 1. The molecule has 0 radical (unpaired) electrons. The van der Waals surface area contributed by atoms with Crippen LogP contribution in [-0.2, 0) is 6.54 Å². The van der Waals surface area contributed by atoms with Crippen LogP contribution in [0.3, 0.4) is 0 Å². The Morgan fingerprint density at radius 3 is 3.05 bits per heavy atom. The van der Waals surface area contributed by atoms with Crippen molar-refractivity contribution in [3.8, 4) is 0 Å². The molecule has 1 unspecified atom stereocenters. The maximum atomic E-state index is 6.26. The van der Waals surface area contributed by atoms with Crippen molar-refractivity contribution in [2.24, 2.45) is 0 Å². The smallest absolute Gasteiger partial charge is 0.0761 e. The highest BCUT2D eigenvalue weighted by Crippen LogP contribution is 2.26. The van der Waals surface area contributed by atoms with E-state index in [4.69, 9.17) is 11.6 Å². The zero-order valence-corrected chi connectivity index (χ0v) is 12.5. The van der Waals surface area contributed by atoms with Gasteiger partial charge in [0, 0.05) is 35.7 Å². The van der Waals surface area contributed by atoms with E-state index in [-0.39, 0.29) is 0 Å². The highest BCUT2D eigenvalue weighted by atomic mass is 35.5. The van der Waals surface area contributed by atoms with Gasteiger partial charge in [-0.05, 0) is 43.3 Å². The van der Waals surface area contributed by atoms with Crippen molar-refractivity contribution in [1.82, 2.24) is 15.2 Å². The van der Waals surface area contributed by atoms with Gasteiger partial charge in [-0.1, -0.05) is 24.6 Å². The third kappa shape index (κ3) is 2.66. The molecule has 1 atom stereocenters. The van der Waals surface area contributed by atoms with Gasteiger partial charge in [0.25, 0.3) is 0 Å². The lowest BCUT2D eigenvalue weighted by atomic mass is 10.1. The fraction of sp³-hybridized carbons (Fsp3) is 0.438. The minimum atomic E-state index is 0.634. The van der Waals surface area contributed by atoms with E-state index < -0.39 is 0 Å². The maximum Gasteiger partial charge on any atom is 0.0761 e. The summed E-state index contributed by atoms with van der Waals surface area (Å²) in [5, 5.41) is 5.27. The lowest BCUT2D eigenvalue weighted by Gasteiger charge is -2.27. The molecule has 4 heteroatoms. The van der Waals surface area contributed by atoms with Gasteiger partial charge in [0.1, 0.15) is 0 Å². The lowest BCUT2D eigenvalue weighted by molar-refractivity contribution is 0.211. The Morgan fingerprint density at radius 2 is 2.30 bits per heavy atom. The van der Waals surface area contributed by atoms with Gasteiger partial charge in [-0.25, -0.2) is 0 Å². The van der Waals surface area contributed by atoms with Crippen LogP contribution in [0.25, 0.3) is 10.9 Å².